The van der Waals surface area contributed by atoms with E-state index in [1.54, 1.807) is 12.1 Å². The van der Waals surface area contributed by atoms with Gasteiger partial charge >= 0.3 is 0 Å². The van der Waals surface area contributed by atoms with Crippen LogP contribution in [-0.2, 0) is 20.9 Å². The standard InChI is InChI=1S/C28H29FN6O3S/c1-18-6-3-8-23(19(18)2)35(25(36)17-34-32-27(31-33-34)20-10-12-21(29)13-11-20)26(24-9-5-15-39-24)28(37)30-16-22-7-4-14-38-22/h3,5-6,8-13,15,22,26H,4,7,14,16-17H2,1-2H3,(H,30,37)/t22-,26+/m1/s1. The van der Waals surface area contributed by atoms with Crippen molar-refractivity contribution in [2.75, 3.05) is 18.1 Å². The number of anilines is 1. The van der Waals surface area contributed by atoms with Crippen LogP contribution in [0.4, 0.5) is 10.1 Å². The monoisotopic (exact) mass is 548 g/mol. The zero-order valence-electron chi connectivity index (χ0n) is 21.7. The molecule has 0 saturated carbocycles. The number of halogens is 1. The Morgan fingerprint density at radius 3 is 2.72 bits per heavy atom. The molecule has 4 aromatic rings. The normalized spacial score (nSPS) is 15.7. The van der Waals surface area contributed by atoms with Gasteiger partial charge < -0.3 is 10.1 Å². The van der Waals surface area contributed by atoms with Gasteiger partial charge in [0.15, 0.2) is 0 Å². The summed E-state index contributed by atoms with van der Waals surface area (Å²) < 4.78 is 19.0. The summed E-state index contributed by atoms with van der Waals surface area (Å²) in [6.45, 7) is 4.71. The Balaban J connectivity index is 1.47. The Labute approximate surface area is 229 Å². The van der Waals surface area contributed by atoms with E-state index < -0.39 is 6.04 Å². The highest BCUT2D eigenvalue weighted by molar-refractivity contribution is 7.10. The average molecular weight is 549 g/mol. The Morgan fingerprint density at radius 1 is 1.18 bits per heavy atom. The minimum atomic E-state index is -0.903. The van der Waals surface area contributed by atoms with Crippen LogP contribution in [0.25, 0.3) is 11.4 Å². The highest BCUT2D eigenvalue weighted by Crippen LogP contribution is 2.34. The summed E-state index contributed by atoms with van der Waals surface area (Å²) >= 11 is 1.41. The zero-order chi connectivity index (χ0) is 27.4. The van der Waals surface area contributed by atoms with Gasteiger partial charge in [0.2, 0.25) is 11.7 Å². The lowest BCUT2D eigenvalue weighted by atomic mass is 10.0. The summed E-state index contributed by atoms with van der Waals surface area (Å²) in [5, 5.41) is 17.3. The topological polar surface area (TPSA) is 102 Å². The molecule has 1 fully saturated rings. The fourth-order valence-corrected chi connectivity index (χ4v) is 5.39. The summed E-state index contributed by atoms with van der Waals surface area (Å²) in [4.78, 5) is 31.2. The molecule has 2 aromatic heterocycles. The number of nitrogens with one attached hydrogen (secondary N) is 1. The van der Waals surface area contributed by atoms with E-state index in [0.29, 0.717) is 24.4 Å². The molecule has 0 unspecified atom stereocenters. The predicted molar refractivity (Wildman–Crippen MR) is 146 cm³/mol. The maximum absolute atomic E-state index is 14.0. The van der Waals surface area contributed by atoms with Crippen molar-refractivity contribution in [3.05, 3.63) is 81.8 Å². The molecule has 2 aromatic carbocycles. The molecule has 0 spiro atoms. The quantitative estimate of drug-likeness (QED) is 0.336. The van der Waals surface area contributed by atoms with Crippen molar-refractivity contribution in [2.24, 2.45) is 0 Å². The second kappa shape index (κ2) is 11.8. The van der Waals surface area contributed by atoms with Gasteiger partial charge in [0.1, 0.15) is 18.4 Å². The van der Waals surface area contributed by atoms with Gasteiger partial charge in [0.05, 0.1) is 6.10 Å². The number of carbonyl (C=O) groups excluding carboxylic acids is 2. The van der Waals surface area contributed by atoms with Gasteiger partial charge in [0, 0.05) is 29.3 Å². The van der Waals surface area contributed by atoms with Crippen LogP contribution in [0, 0.1) is 19.7 Å². The molecule has 9 nitrogen and oxygen atoms in total. The maximum Gasteiger partial charge on any atom is 0.251 e. The SMILES string of the molecule is Cc1cccc(N(C(=O)Cn2nnc(-c3ccc(F)cc3)n2)[C@H](C(=O)NC[C@H]2CCCO2)c2cccs2)c1C. The van der Waals surface area contributed by atoms with Crippen LogP contribution in [-0.4, -0.2) is 51.3 Å². The Kier molecular flexibility index (Phi) is 8.08. The Hall–Kier alpha value is -3.96. The van der Waals surface area contributed by atoms with E-state index in [1.807, 2.05) is 49.6 Å². The minimum Gasteiger partial charge on any atom is -0.376 e. The van der Waals surface area contributed by atoms with Crippen molar-refractivity contribution in [2.45, 2.75) is 45.4 Å². The molecule has 0 radical (unpaired) electrons. The lowest BCUT2D eigenvalue weighted by Crippen LogP contribution is -2.46. The highest BCUT2D eigenvalue weighted by Gasteiger charge is 2.35. The molecule has 11 heteroatoms. The van der Waals surface area contributed by atoms with Crippen molar-refractivity contribution in [1.82, 2.24) is 25.5 Å². The molecule has 2 amide bonds. The van der Waals surface area contributed by atoms with Crippen molar-refractivity contribution in [1.29, 1.82) is 0 Å². The van der Waals surface area contributed by atoms with Gasteiger partial charge in [-0.1, -0.05) is 18.2 Å². The largest absolute Gasteiger partial charge is 0.376 e. The number of tetrazole rings is 1. The first-order chi connectivity index (χ1) is 18.9. The number of thiophene rings is 1. The lowest BCUT2D eigenvalue weighted by Gasteiger charge is -2.32. The summed E-state index contributed by atoms with van der Waals surface area (Å²) in [5.41, 5.74) is 3.08. The molecule has 1 aliphatic rings. The molecule has 3 heterocycles. The smallest absolute Gasteiger partial charge is 0.251 e. The number of hydrogen-bond donors (Lipinski definition) is 1. The fourth-order valence-electron chi connectivity index (χ4n) is 4.57. The number of nitrogens with zero attached hydrogens (tertiary/aromatic N) is 5. The van der Waals surface area contributed by atoms with E-state index in [4.69, 9.17) is 4.74 Å². The van der Waals surface area contributed by atoms with E-state index in [2.05, 4.69) is 20.7 Å². The molecular formula is C28H29FN6O3S. The van der Waals surface area contributed by atoms with Crippen LogP contribution < -0.4 is 10.2 Å². The summed E-state index contributed by atoms with van der Waals surface area (Å²) in [6.07, 6.45) is 1.82. The van der Waals surface area contributed by atoms with Crippen LogP contribution in [0.5, 0.6) is 0 Å². The number of ether oxygens (including phenoxy) is 1. The van der Waals surface area contributed by atoms with Crippen LogP contribution in [0.3, 0.4) is 0 Å². The van der Waals surface area contributed by atoms with Crippen molar-refractivity contribution < 1.29 is 18.7 Å². The van der Waals surface area contributed by atoms with Gasteiger partial charge in [-0.05, 0) is 84.8 Å². The predicted octanol–water partition coefficient (Wildman–Crippen LogP) is 4.23. The second-order valence-corrected chi connectivity index (χ2v) is 10.4. The lowest BCUT2D eigenvalue weighted by molar-refractivity contribution is -0.127. The third-order valence-electron chi connectivity index (χ3n) is 6.78. The zero-order valence-corrected chi connectivity index (χ0v) is 22.5. The average Bonchev–Trinajstić information content (AvgIpc) is 3.72. The van der Waals surface area contributed by atoms with E-state index >= 15 is 0 Å². The number of amides is 2. The molecule has 202 valence electrons. The third kappa shape index (κ3) is 6.04. The molecule has 1 aliphatic heterocycles. The van der Waals surface area contributed by atoms with Gasteiger partial charge in [-0.3, -0.25) is 14.5 Å². The summed E-state index contributed by atoms with van der Waals surface area (Å²) in [6, 6.07) is 14.2. The van der Waals surface area contributed by atoms with Crippen molar-refractivity contribution in [3.8, 4) is 11.4 Å². The van der Waals surface area contributed by atoms with Crippen LogP contribution in [0.15, 0.2) is 60.0 Å². The number of aromatic nitrogens is 4. The third-order valence-corrected chi connectivity index (χ3v) is 7.71. The van der Waals surface area contributed by atoms with Crippen LogP contribution >= 0.6 is 11.3 Å². The highest BCUT2D eigenvalue weighted by atomic mass is 32.1. The molecule has 2 atom stereocenters. The molecule has 39 heavy (non-hydrogen) atoms. The van der Waals surface area contributed by atoms with Crippen molar-refractivity contribution >= 4 is 28.8 Å². The van der Waals surface area contributed by atoms with Gasteiger partial charge in [-0.2, -0.15) is 4.80 Å². The summed E-state index contributed by atoms with van der Waals surface area (Å²) in [5.74, 6) is -0.772. The van der Waals surface area contributed by atoms with E-state index in [-0.39, 0.29) is 36.1 Å². The Morgan fingerprint density at radius 2 is 2.00 bits per heavy atom. The first-order valence-corrected chi connectivity index (χ1v) is 13.6. The van der Waals surface area contributed by atoms with E-state index in [1.165, 1.54) is 33.2 Å². The summed E-state index contributed by atoms with van der Waals surface area (Å²) in [7, 11) is 0. The molecule has 0 aliphatic carbocycles. The van der Waals surface area contributed by atoms with E-state index in [9.17, 15) is 14.0 Å². The second-order valence-electron chi connectivity index (χ2n) is 9.43. The number of carbonyl (C=O) groups is 2. The number of hydrogen-bond acceptors (Lipinski definition) is 7. The molecule has 5 rings (SSSR count). The minimum absolute atomic E-state index is 0.0352. The van der Waals surface area contributed by atoms with E-state index in [0.717, 1.165) is 28.8 Å². The maximum atomic E-state index is 14.0. The molecule has 1 N–H and O–H groups in total. The van der Waals surface area contributed by atoms with Gasteiger partial charge in [-0.15, -0.1) is 21.5 Å². The fraction of sp³-hybridized carbons (Fsp3) is 0.321. The van der Waals surface area contributed by atoms with Crippen LogP contribution in [0.1, 0.15) is 34.9 Å². The van der Waals surface area contributed by atoms with Gasteiger partial charge in [0.25, 0.3) is 5.91 Å². The Bertz CT molecular complexity index is 1430. The number of rotatable bonds is 9. The molecule has 0 bridgehead atoms. The van der Waals surface area contributed by atoms with Crippen LogP contribution in [0.2, 0.25) is 0 Å². The molecule has 1 saturated heterocycles. The molecular weight excluding hydrogens is 519 g/mol. The van der Waals surface area contributed by atoms with Crippen molar-refractivity contribution in [3.63, 3.8) is 0 Å². The first-order valence-electron chi connectivity index (χ1n) is 12.8. The number of aryl methyl sites for hydroxylation is 1. The first kappa shape index (κ1) is 26.6. The number of benzene rings is 2. The van der Waals surface area contributed by atoms with Gasteiger partial charge in [-0.25, -0.2) is 4.39 Å².